The Labute approximate surface area is 116 Å². The minimum absolute atomic E-state index is 0.159. The number of allylic oxidation sites excluding steroid dienone is 2. The average molecular weight is 281 g/mol. The van der Waals surface area contributed by atoms with Crippen molar-refractivity contribution in [2.75, 3.05) is 20.3 Å². The molecule has 19 heavy (non-hydrogen) atoms. The maximum absolute atomic E-state index is 11.1. The summed E-state index contributed by atoms with van der Waals surface area (Å²) >= 11 is 5.94. The summed E-state index contributed by atoms with van der Waals surface area (Å²) < 4.78 is 15.2. The Bertz CT molecular complexity index is 534. The standard InChI is InChI=1S/C14H13ClO4/c1-17-14(16)9-19-13-7-11(15)4-5-12(13)10-3-2-6-18-8-10/h2-7H,8-9H2,1H3. The zero-order valence-electron chi connectivity index (χ0n) is 10.4. The van der Waals surface area contributed by atoms with E-state index in [0.29, 0.717) is 17.4 Å². The van der Waals surface area contributed by atoms with Gasteiger partial charge in [0.2, 0.25) is 0 Å². The molecule has 0 aromatic heterocycles. The van der Waals surface area contributed by atoms with Gasteiger partial charge in [0.15, 0.2) is 6.61 Å². The van der Waals surface area contributed by atoms with Crippen molar-refractivity contribution in [3.05, 3.63) is 47.2 Å². The molecule has 2 rings (SSSR count). The van der Waals surface area contributed by atoms with E-state index in [0.717, 1.165) is 11.1 Å². The molecule has 0 N–H and O–H groups in total. The van der Waals surface area contributed by atoms with E-state index in [1.165, 1.54) is 7.11 Å². The van der Waals surface area contributed by atoms with Gasteiger partial charge < -0.3 is 14.2 Å². The summed E-state index contributed by atoms with van der Waals surface area (Å²) in [6, 6.07) is 5.27. The highest BCUT2D eigenvalue weighted by atomic mass is 35.5. The quantitative estimate of drug-likeness (QED) is 0.796. The van der Waals surface area contributed by atoms with Gasteiger partial charge in [-0.2, -0.15) is 0 Å². The van der Waals surface area contributed by atoms with E-state index >= 15 is 0 Å². The van der Waals surface area contributed by atoms with E-state index in [4.69, 9.17) is 21.1 Å². The first-order chi connectivity index (χ1) is 9.20. The normalized spacial score (nSPS) is 13.5. The van der Waals surface area contributed by atoms with Crippen molar-refractivity contribution in [3.8, 4) is 5.75 Å². The fraction of sp³-hybridized carbons (Fsp3) is 0.214. The van der Waals surface area contributed by atoms with Crippen LogP contribution in [0.3, 0.4) is 0 Å². The molecule has 0 aliphatic carbocycles. The van der Waals surface area contributed by atoms with Crippen LogP contribution in [0.15, 0.2) is 36.6 Å². The molecule has 5 heteroatoms. The third-order valence-corrected chi connectivity index (χ3v) is 2.81. The number of methoxy groups -OCH3 is 1. The van der Waals surface area contributed by atoms with Gasteiger partial charge in [-0.15, -0.1) is 0 Å². The molecule has 1 aromatic rings. The summed E-state index contributed by atoms with van der Waals surface area (Å²) in [7, 11) is 1.31. The van der Waals surface area contributed by atoms with Crippen LogP contribution in [0.1, 0.15) is 5.56 Å². The SMILES string of the molecule is COC(=O)COc1cc(Cl)ccc1C1=CC=COC1. The van der Waals surface area contributed by atoms with E-state index in [9.17, 15) is 4.79 Å². The molecule has 0 unspecified atom stereocenters. The Kier molecular flexibility index (Phi) is 4.47. The van der Waals surface area contributed by atoms with Gasteiger partial charge in [-0.25, -0.2) is 4.79 Å². The average Bonchev–Trinajstić information content (AvgIpc) is 2.45. The van der Waals surface area contributed by atoms with Crippen LogP contribution < -0.4 is 4.74 Å². The summed E-state index contributed by atoms with van der Waals surface area (Å²) in [4.78, 5) is 11.1. The van der Waals surface area contributed by atoms with Gasteiger partial charge in [0.25, 0.3) is 0 Å². The molecule has 100 valence electrons. The molecule has 0 amide bonds. The molecule has 0 radical (unpaired) electrons. The molecule has 0 saturated heterocycles. The summed E-state index contributed by atoms with van der Waals surface area (Å²) in [5.41, 5.74) is 1.80. The molecule has 0 bridgehead atoms. The highest BCUT2D eigenvalue weighted by Crippen LogP contribution is 2.30. The second-order valence-corrected chi connectivity index (χ2v) is 4.27. The largest absolute Gasteiger partial charge is 0.496 e. The summed E-state index contributed by atoms with van der Waals surface area (Å²) in [5.74, 6) is 0.0859. The Morgan fingerprint density at radius 1 is 1.47 bits per heavy atom. The zero-order chi connectivity index (χ0) is 13.7. The molecule has 0 saturated carbocycles. The van der Waals surface area contributed by atoms with Gasteiger partial charge in [-0.05, 0) is 24.3 Å². The number of hydrogen-bond acceptors (Lipinski definition) is 4. The Balaban J connectivity index is 2.24. The molecule has 1 aromatic carbocycles. The summed E-state index contributed by atoms with van der Waals surface area (Å²) in [6.07, 6.45) is 5.35. The Morgan fingerprint density at radius 2 is 2.32 bits per heavy atom. The smallest absolute Gasteiger partial charge is 0.343 e. The van der Waals surface area contributed by atoms with Gasteiger partial charge in [-0.3, -0.25) is 0 Å². The molecule has 0 atom stereocenters. The van der Waals surface area contributed by atoms with Crippen molar-refractivity contribution in [2.24, 2.45) is 0 Å². The van der Waals surface area contributed by atoms with E-state index in [1.807, 2.05) is 12.1 Å². The minimum atomic E-state index is -0.445. The van der Waals surface area contributed by atoms with Crippen molar-refractivity contribution in [1.29, 1.82) is 0 Å². The number of benzene rings is 1. The van der Waals surface area contributed by atoms with E-state index in [-0.39, 0.29) is 6.61 Å². The highest BCUT2D eigenvalue weighted by Gasteiger charge is 2.13. The lowest BCUT2D eigenvalue weighted by Crippen LogP contribution is -2.13. The van der Waals surface area contributed by atoms with Gasteiger partial charge in [0.1, 0.15) is 12.4 Å². The molecule has 4 nitrogen and oxygen atoms in total. The van der Waals surface area contributed by atoms with E-state index in [1.54, 1.807) is 24.5 Å². The first kappa shape index (κ1) is 13.5. The number of carbonyl (C=O) groups excluding carboxylic acids is 1. The van der Waals surface area contributed by atoms with Crippen LogP contribution in [0.2, 0.25) is 5.02 Å². The maximum Gasteiger partial charge on any atom is 0.343 e. The van der Waals surface area contributed by atoms with Gasteiger partial charge in [-0.1, -0.05) is 17.7 Å². The molecular formula is C14H13ClO4. The van der Waals surface area contributed by atoms with E-state index in [2.05, 4.69) is 4.74 Å². The highest BCUT2D eigenvalue weighted by molar-refractivity contribution is 6.30. The zero-order valence-corrected chi connectivity index (χ0v) is 11.1. The first-order valence-corrected chi connectivity index (χ1v) is 6.05. The lowest BCUT2D eigenvalue weighted by atomic mass is 10.0. The third-order valence-electron chi connectivity index (χ3n) is 2.57. The van der Waals surface area contributed by atoms with Crippen LogP contribution in [-0.4, -0.2) is 26.3 Å². The van der Waals surface area contributed by atoms with E-state index < -0.39 is 5.97 Å². The van der Waals surface area contributed by atoms with Crippen LogP contribution in [0.5, 0.6) is 5.75 Å². The fourth-order valence-electron chi connectivity index (χ4n) is 1.64. The molecule has 1 aliphatic rings. The van der Waals surface area contributed by atoms with Crippen molar-refractivity contribution in [2.45, 2.75) is 0 Å². The number of carbonyl (C=O) groups is 1. The fourth-order valence-corrected chi connectivity index (χ4v) is 1.80. The first-order valence-electron chi connectivity index (χ1n) is 5.67. The van der Waals surface area contributed by atoms with Crippen molar-refractivity contribution < 1.29 is 19.0 Å². The predicted octanol–water partition coefficient (Wildman–Crippen LogP) is 2.82. The number of ether oxygens (including phenoxy) is 3. The summed E-state index contributed by atoms with van der Waals surface area (Å²) in [6.45, 7) is 0.292. The number of halogens is 1. The molecular weight excluding hydrogens is 268 g/mol. The third kappa shape index (κ3) is 3.51. The van der Waals surface area contributed by atoms with Crippen molar-refractivity contribution >= 4 is 23.1 Å². The second-order valence-electron chi connectivity index (χ2n) is 3.84. The second kappa shape index (κ2) is 6.29. The number of rotatable bonds is 4. The van der Waals surface area contributed by atoms with Crippen LogP contribution in [0.25, 0.3) is 5.57 Å². The van der Waals surface area contributed by atoms with Crippen LogP contribution in [0.4, 0.5) is 0 Å². The Hall–Kier alpha value is -1.94. The molecule has 1 heterocycles. The molecule has 1 aliphatic heterocycles. The van der Waals surface area contributed by atoms with Gasteiger partial charge in [0.05, 0.1) is 13.4 Å². The van der Waals surface area contributed by atoms with Crippen molar-refractivity contribution in [3.63, 3.8) is 0 Å². The predicted molar refractivity (Wildman–Crippen MR) is 72.0 cm³/mol. The minimum Gasteiger partial charge on any atom is -0.496 e. The van der Waals surface area contributed by atoms with Crippen LogP contribution >= 0.6 is 11.6 Å². The lowest BCUT2D eigenvalue weighted by molar-refractivity contribution is -0.142. The summed E-state index contributed by atoms with van der Waals surface area (Å²) in [5, 5.41) is 0.538. The molecule has 0 fully saturated rings. The number of hydrogen-bond donors (Lipinski definition) is 0. The Morgan fingerprint density at radius 3 is 3.00 bits per heavy atom. The maximum atomic E-state index is 11.1. The number of esters is 1. The van der Waals surface area contributed by atoms with Crippen LogP contribution in [0, 0.1) is 0 Å². The van der Waals surface area contributed by atoms with Gasteiger partial charge >= 0.3 is 5.97 Å². The molecule has 0 spiro atoms. The van der Waals surface area contributed by atoms with Crippen LogP contribution in [-0.2, 0) is 14.3 Å². The van der Waals surface area contributed by atoms with Gasteiger partial charge in [0, 0.05) is 16.2 Å². The lowest BCUT2D eigenvalue weighted by Gasteiger charge is -2.15. The topological polar surface area (TPSA) is 44.8 Å². The monoisotopic (exact) mass is 280 g/mol. The van der Waals surface area contributed by atoms with Crippen molar-refractivity contribution in [1.82, 2.24) is 0 Å².